The van der Waals surface area contributed by atoms with Crippen LogP contribution in [-0.2, 0) is 0 Å². The molecule has 1 heterocycles. The molecule has 19 heavy (non-hydrogen) atoms. The molecule has 0 radical (unpaired) electrons. The largest absolute Gasteiger partial charge is 0.477 e. The fourth-order valence-electron chi connectivity index (χ4n) is 1.40. The number of carboxylic acid groups (broad SMARTS) is 1. The second kappa shape index (κ2) is 5.49. The number of halogens is 1. The Morgan fingerprint density at radius 1 is 1.11 bits per heavy atom. The van der Waals surface area contributed by atoms with E-state index in [9.17, 15) is 9.59 Å². The molecule has 2 aromatic rings. The third kappa shape index (κ3) is 3.29. The third-order valence-corrected chi connectivity index (χ3v) is 2.60. The van der Waals surface area contributed by atoms with Gasteiger partial charge in [-0.1, -0.05) is 11.6 Å². The number of anilines is 1. The quantitative estimate of drug-likeness (QED) is 0.903. The number of aromatic carboxylic acids is 1. The molecule has 96 valence electrons. The lowest BCUT2D eigenvalue weighted by Crippen LogP contribution is -2.12. The molecule has 6 heteroatoms. The van der Waals surface area contributed by atoms with E-state index >= 15 is 0 Å². The van der Waals surface area contributed by atoms with Gasteiger partial charge in [-0.15, -0.1) is 0 Å². The van der Waals surface area contributed by atoms with E-state index in [0.717, 1.165) is 0 Å². The number of nitrogens with zero attached hydrogens (tertiary/aromatic N) is 1. The second-order valence-electron chi connectivity index (χ2n) is 3.70. The number of carbonyl (C=O) groups is 2. The highest BCUT2D eigenvalue weighted by atomic mass is 35.5. The average Bonchev–Trinajstić information content (AvgIpc) is 2.40. The Labute approximate surface area is 113 Å². The van der Waals surface area contributed by atoms with Crippen LogP contribution in [0.15, 0.2) is 42.6 Å². The second-order valence-corrected chi connectivity index (χ2v) is 4.13. The van der Waals surface area contributed by atoms with Gasteiger partial charge >= 0.3 is 5.97 Å². The minimum Gasteiger partial charge on any atom is -0.477 e. The van der Waals surface area contributed by atoms with Crippen LogP contribution in [0.3, 0.4) is 0 Å². The normalized spacial score (nSPS) is 9.95. The van der Waals surface area contributed by atoms with Gasteiger partial charge < -0.3 is 10.4 Å². The predicted octanol–water partition coefficient (Wildman–Crippen LogP) is 2.69. The summed E-state index contributed by atoms with van der Waals surface area (Å²) >= 11 is 5.73. The number of nitrogens with one attached hydrogen (secondary N) is 1. The van der Waals surface area contributed by atoms with Crippen molar-refractivity contribution in [1.29, 1.82) is 0 Å². The minimum absolute atomic E-state index is 0.0792. The van der Waals surface area contributed by atoms with Crippen LogP contribution in [-0.4, -0.2) is 22.0 Å². The van der Waals surface area contributed by atoms with Crippen molar-refractivity contribution in [3.05, 3.63) is 58.9 Å². The van der Waals surface area contributed by atoms with Crippen LogP contribution in [0.1, 0.15) is 20.8 Å². The SMILES string of the molecule is O=C(Nc1ccc(C(=O)O)nc1)c1ccc(Cl)cc1. The van der Waals surface area contributed by atoms with Gasteiger partial charge in [-0.3, -0.25) is 4.79 Å². The Morgan fingerprint density at radius 3 is 2.32 bits per heavy atom. The molecule has 0 aliphatic heterocycles. The maximum Gasteiger partial charge on any atom is 0.354 e. The van der Waals surface area contributed by atoms with Crippen molar-refractivity contribution in [2.45, 2.75) is 0 Å². The molecule has 0 bridgehead atoms. The maximum absolute atomic E-state index is 11.8. The number of hydrogen-bond acceptors (Lipinski definition) is 3. The van der Waals surface area contributed by atoms with Gasteiger partial charge in [-0.2, -0.15) is 0 Å². The Hall–Kier alpha value is -2.40. The van der Waals surface area contributed by atoms with E-state index in [2.05, 4.69) is 10.3 Å². The van der Waals surface area contributed by atoms with E-state index in [1.807, 2.05) is 0 Å². The van der Waals surface area contributed by atoms with Crippen LogP contribution in [0.25, 0.3) is 0 Å². The maximum atomic E-state index is 11.8. The molecule has 1 aromatic heterocycles. The van der Waals surface area contributed by atoms with E-state index in [-0.39, 0.29) is 11.6 Å². The number of aromatic nitrogens is 1. The highest BCUT2D eigenvalue weighted by Crippen LogP contribution is 2.12. The lowest BCUT2D eigenvalue weighted by molar-refractivity contribution is 0.0690. The fourth-order valence-corrected chi connectivity index (χ4v) is 1.52. The molecule has 0 fully saturated rings. The summed E-state index contributed by atoms with van der Waals surface area (Å²) in [6.07, 6.45) is 1.29. The van der Waals surface area contributed by atoms with Crippen molar-refractivity contribution in [2.24, 2.45) is 0 Å². The predicted molar refractivity (Wildman–Crippen MR) is 70.6 cm³/mol. The van der Waals surface area contributed by atoms with Crippen molar-refractivity contribution in [3.63, 3.8) is 0 Å². The van der Waals surface area contributed by atoms with E-state index < -0.39 is 5.97 Å². The Bertz CT molecular complexity index is 609. The first kappa shape index (κ1) is 13.0. The number of hydrogen-bond donors (Lipinski definition) is 2. The summed E-state index contributed by atoms with van der Waals surface area (Å²) in [6.45, 7) is 0. The molecule has 0 saturated carbocycles. The van der Waals surface area contributed by atoms with Crippen molar-refractivity contribution >= 4 is 29.2 Å². The van der Waals surface area contributed by atoms with Gasteiger partial charge in [0.1, 0.15) is 5.69 Å². The zero-order chi connectivity index (χ0) is 13.8. The topological polar surface area (TPSA) is 79.3 Å². The van der Waals surface area contributed by atoms with Gasteiger partial charge in [-0.25, -0.2) is 9.78 Å². The third-order valence-electron chi connectivity index (χ3n) is 2.35. The van der Waals surface area contributed by atoms with Crippen LogP contribution < -0.4 is 5.32 Å². The first-order chi connectivity index (χ1) is 9.06. The van der Waals surface area contributed by atoms with Gasteiger partial charge in [-0.05, 0) is 36.4 Å². The fraction of sp³-hybridized carbons (Fsp3) is 0. The van der Waals surface area contributed by atoms with Crippen LogP contribution in [0, 0.1) is 0 Å². The number of rotatable bonds is 3. The minimum atomic E-state index is -1.12. The monoisotopic (exact) mass is 276 g/mol. The number of benzene rings is 1. The molecule has 0 aliphatic carbocycles. The Balaban J connectivity index is 2.10. The summed E-state index contributed by atoms with van der Waals surface area (Å²) in [4.78, 5) is 26.2. The lowest BCUT2D eigenvalue weighted by atomic mass is 10.2. The Morgan fingerprint density at radius 2 is 1.79 bits per heavy atom. The zero-order valence-corrected chi connectivity index (χ0v) is 10.4. The van der Waals surface area contributed by atoms with Gasteiger partial charge in [0.2, 0.25) is 0 Å². The first-order valence-corrected chi connectivity index (χ1v) is 5.70. The summed E-state index contributed by atoms with van der Waals surface area (Å²) in [6, 6.07) is 9.21. The van der Waals surface area contributed by atoms with Crippen molar-refractivity contribution in [2.75, 3.05) is 5.32 Å². The molecule has 0 spiro atoms. The van der Waals surface area contributed by atoms with Crippen molar-refractivity contribution in [1.82, 2.24) is 4.98 Å². The highest BCUT2D eigenvalue weighted by Gasteiger charge is 2.07. The standard InChI is InChI=1S/C13H9ClN2O3/c14-9-3-1-8(2-4-9)12(17)16-10-5-6-11(13(18)19)15-7-10/h1-7H,(H,16,17)(H,18,19). The summed E-state index contributed by atoms with van der Waals surface area (Å²) in [7, 11) is 0. The van der Waals surface area contributed by atoms with E-state index in [0.29, 0.717) is 16.3 Å². The van der Waals surface area contributed by atoms with Crippen LogP contribution in [0.4, 0.5) is 5.69 Å². The summed E-state index contributed by atoms with van der Waals surface area (Å²) in [5.41, 5.74) is 0.793. The molecule has 0 saturated heterocycles. The smallest absolute Gasteiger partial charge is 0.354 e. The Kier molecular flexibility index (Phi) is 3.77. The average molecular weight is 277 g/mol. The van der Waals surface area contributed by atoms with E-state index in [4.69, 9.17) is 16.7 Å². The van der Waals surface area contributed by atoms with Crippen molar-refractivity contribution < 1.29 is 14.7 Å². The highest BCUT2D eigenvalue weighted by molar-refractivity contribution is 6.30. The molecular weight excluding hydrogens is 268 g/mol. The molecule has 2 rings (SSSR count). The number of carboxylic acids is 1. The molecule has 1 aromatic carbocycles. The summed E-state index contributed by atoms with van der Waals surface area (Å²) < 4.78 is 0. The molecular formula is C13H9ClN2O3. The molecule has 0 aliphatic rings. The van der Waals surface area contributed by atoms with Gasteiger partial charge in [0, 0.05) is 10.6 Å². The van der Waals surface area contributed by atoms with E-state index in [1.165, 1.54) is 18.3 Å². The van der Waals surface area contributed by atoms with Crippen molar-refractivity contribution in [3.8, 4) is 0 Å². The molecule has 1 amide bonds. The van der Waals surface area contributed by atoms with Crippen LogP contribution >= 0.6 is 11.6 Å². The summed E-state index contributed by atoms with van der Waals surface area (Å²) in [5.74, 6) is -1.43. The van der Waals surface area contributed by atoms with Gasteiger partial charge in [0.05, 0.1) is 11.9 Å². The number of carbonyl (C=O) groups excluding carboxylic acids is 1. The molecule has 0 atom stereocenters. The van der Waals surface area contributed by atoms with Gasteiger partial charge in [0.25, 0.3) is 5.91 Å². The molecule has 2 N–H and O–H groups in total. The first-order valence-electron chi connectivity index (χ1n) is 5.32. The number of pyridine rings is 1. The molecule has 5 nitrogen and oxygen atoms in total. The van der Waals surface area contributed by atoms with Crippen LogP contribution in [0.5, 0.6) is 0 Å². The zero-order valence-electron chi connectivity index (χ0n) is 9.63. The number of amides is 1. The molecule has 0 unspecified atom stereocenters. The van der Waals surface area contributed by atoms with E-state index in [1.54, 1.807) is 24.3 Å². The summed E-state index contributed by atoms with van der Waals surface area (Å²) in [5, 5.41) is 11.9. The van der Waals surface area contributed by atoms with Crippen LogP contribution in [0.2, 0.25) is 5.02 Å². The van der Waals surface area contributed by atoms with Gasteiger partial charge in [0.15, 0.2) is 0 Å². The lowest BCUT2D eigenvalue weighted by Gasteiger charge is -2.05.